The van der Waals surface area contributed by atoms with E-state index in [0.717, 1.165) is 17.8 Å². The molecule has 0 aromatic rings. The van der Waals surface area contributed by atoms with Gasteiger partial charge in [-0.05, 0) is 36.5 Å². The maximum absolute atomic E-state index is 2.46. The van der Waals surface area contributed by atoms with Gasteiger partial charge in [0, 0.05) is 0 Å². The van der Waals surface area contributed by atoms with E-state index in [9.17, 15) is 0 Å². The first-order chi connectivity index (χ1) is 5.83. The van der Waals surface area contributed by atoms with Crippen LogP contribution in [0.25, 0.3) is 0 Å². The fourth-order valence-corrected chi connectivity index (χ4v) is 3.25. The largest absolute Gasteiger partial charge is 0.0654 e. The molecule has 12 heavy (non-hydrogen) atoms. The van der Waals surface area contributed by atoms with E-state index in [2.05, 4.69) is 13.8 Å². The molecule has 2 rings (SSSR count). The van der Waals surface area contributed by atoms with E-state index in [-0.39, 0.29) is 0 Å². The molecule has 0 N–H and O–H groups in total. The van der Waals surface area contributed by atoms with E-state index in [4.69, 9.17) is 0 Å². The van der Waals surface area contributed by atoms with Crippen LogP contribution in [0.5, 0.6) is 0 Å². The Kier molecular flexibility index (Phi) is 2.43. The van der Waals surface area contributed by atoms with Gasteiger partial charge in [-0.25, -0.2) is 0 Å². The van der Waals surface area contributed by atoms with Crippen molar-refractivity contribution in [2.45, 2.75) is 52.4 Å². The van der Waals surface area contributed by atoms with E-state index in [1.165, 1.54) is 25.2 Å². The van der Waals surface area contributed by atoms with Gasteiger partial charge in [0.25, 0.3) is 0 Å². The number of fused-ring (bicyclic) bond motifs is 1. The fraction of sp³-hybridized carbons (Fsp3) is 1.00. The molecule has 0 spiro atoms. The zero-order valence-corrected chi connectivity index (χ0v) is 8.55. The Morgan fingerprint density at radius 1 is 1.08 bits per heavy atom. The highest BCUT2D eigenvalue weighted by molar-refractivity contribution is 5.00. The van der Waals surface area contributed by atoms with Crippen LogP contribution in [0.2, 0.25) is 0 Å². The third-order valence-electron chi connectivity index (χ3n) is 4.08. The molecule has 2 fully saturated rings. The van der Waals surface area contributed by atoms with Gasteiger partial charge in [0.1, 0.15) is 0 Å². The molecular weight excluding hydrogens is 144 g/mol. The third-order valence-corrected chi connectivity index (χ3v) is 4.08. The standard InChI is InChI=1S/C12H22/c1-3-4-5-6-10-7-9(2)11-8-12(10)11/h9-12H,3-8H2,1-2H3. The second kappa shape index (κ2) is 3.40. The molecule has 70 valence electrons. The number of rotatable bonds is 4. The van der Waals surface area contributed by atoms with Crippen LogP contribution < -0.4 is 0 Å². The number of hydrogen-bond donors (Lipinski definition) is 0. The molecule has 2 aliphatic rings. The molecule has 0 heterocycles. The minimum absolute atomic E-state index is 1.07. The average Bonchev–Trinajstić information content (AvgIpc) is 2.77. The molecular formula is C12H22. The Hall–Kier alpha value is 0. The van der Waals surface area contributed by atoms with Crippen LogP contribution in [0.3, 0.4) is 0 Å². The quantitative estimate of drug-likeness (QED) is 0.556. The molecule has 0 amide bonds. The zero-order valence-electron chi connectivity index (χ0n) is 8.55. The summed E-state index contributed by atoms with van der Waals surface area (Å²) in [6.45, 7) is 4.77. The first kappa shape index (κ1) is 8.59. The Balaban J connectivity index is 1.69. The van der Waals surface area contributed by atoms with Crippen molar-refractivity contribution in [2.75, 3.05) is 0 Å². The zero-order chi connectivity index (χ0) is 8.55. The van der Waals surface area contributed by atoms with Crippen LogP contribution in [-0.4, -0.2) is 0 Å². The normalized spacial score (nSPS) is 44.5. The second-order valence-corrected chi connectivity index (χ2v) is 5.03. The van der Waals surface area contributed by atoms with Crippen molar-refractivity contribution < 1.29 is 0 Å². The Bertz CT molecular complexity index is 150. The van der Waals surface area contributed by atoms with Crippen LogP contribution >= 0.6 is 0 Å². The van der Waals surface area contributed by atoms with Gasteiger partial charge in [-0.3, -0.25) is 0 Å². The van der Waals surface area contributed by atoms with Crippen molar-refractivity contribution in [3.8, 4) is 0 Å². The second-order valence-electron chi connectivity index (χ2n) is 5.03. The van der Waals surface area contributed by atoms with Gasteiger partial charge in [0.05, 0.1) is 0 Å². The molecule has 0 radical (unpaired) electrons. The molecule has 0 bridgehead atoms. The molecule has 2 aliphatic carbocycles. The van der Waals surface area contributed by atoms with Gasteiger partial charge >= 0.3 is 0 Å². The van der Waals surface area contributed by atoms with Gasteiger partial charge in [-0.1, -0.05) is 39.5 Å². The Morgan fingerprint density at radius 2 is 1.92 bits per heavy atom. The highest BCUT2D eigenvalue weighted by Gasteiger charge is 2.51. The highest BCUT2D eigenvalue weighted by Crippen LogP contribution is 2.59. The molecule has 0 aromatic heterocycles. The lowest BCUT2D eigenvalue weighted by molar-refractivity contribution is 0.393. The Labute approximate surface area is 76.7 Å². The van der Waals surface area contributed by atoms with Crippen molar-refractivity contribution >= 4 is 0 Å². The van der Waals surface area contributed by atoms with E-state index < -0.39 is 0 Å². The lowest BCUT2D eigenvalue weighted by atomic mass is 9.94. The van der Waals surface area contributed by atoms with Crippen molar-refractivity contribution in [2.24, 2.45) is 23.7 Å². The Morgan fingerprint density at radius 3 is 2.42 bits per heavy atom. The highest BCUT2D eigenvalue weighted by atomic mass is 14.6. The lowest BCUT2D eigenvalue weighted by Gasteiger charge is -2.12. The van der Waals surface area contributed by atoms with Gasteiger partial charge in [-0.15, -0.1) is 0 Å². The summed E-state index contributed by atoms with van der Waals surface area (Å²) in [6, 6.07) is 0. The average molecular weight is 166 g/mol. The van der Waals surface area contributed by atoms with Crippen molar-refractivity contribution in [3.63, 3.8) is 0 Å². The predicted octanol–water partition coefficient (Wildman–Crippen LogP) is 3.86. The van der Waals surface area contributed by atoms with Gasteiger partial charge in [-0.2, -0.15) is 0 Å². The summed E-state index contributed by atoms with van der Waals surface area (Å²) >= 11 is 0. The van der Waals surface area contributed by atoms with E-state index in [0.29, 0.717) is 0 Å². The minimum atomic E-state index is 1.07. The molecule has 2 saturated carbocycles. The molecule has 0 aliphatic heterocycles. The molecule has 0 nitrogen and oxygen atoms in total. The summed E-state index contributed by atoms with van der Waals surface area (Å²) in [7, 11) is 0. The smallest absolute Gasteiger partial charge is 0.0352 e. The minimum Gasteiger partial charge on any atom is -0.0654 e. The van der Waals surface area contributed by atoms with E-state index >= 15 is 0 Å². The fourth-order valence-electron chi connectivity index (χ4n) is 3.25. The molecule has 0 heteroatoms. The maximum atomic E-state index is 2.46. The number of hydrogen-bond acceptors (Lipinski definition) is 0. The van der Waals surface area contributed by atoms with Crippen LogP contribution in [0.4, 0.5) is 0 Å². The van der Waals surface area contributed by atoms with E-state index in [1.807, 2.05) is 0 Å². The van der Waals surface area contributed by atoms with Crippen LogP contribution in [-0.2, 0) is 0 Å². The van der Waals surface area contributed by atoms with Crippen LogP contribution in [0.1, 0.15) is 52.4 Å². The summed E-state index contributed by atoms with van der Waals surface area (Å²) < 4.78 is 0. The van der Waals surface area contributed by atoms with Crippen molar-refractivity contribution in [1.82, 2.24) is 0 Å². The van der Waals surface area contributed by atoms with Gasteiger partial charge < -0.3 is 0 Å². The van der Waals surface area contributed by atoms with Crippen molar-refractivity contribution in [1.29, 1.82) is 0 Å². The summed E-state index contributed by atoms with van der Waals surface area (Å²) in [5, 5.41) is 0. The van der Waals surface area contributed by atoms with Crippen LogP contribution in [0, 0.1) is 23.7 Å². The lowest BCUT2D eigenvalue weighted by Crippen LogP contribution is -2.00. The first-order valence-electron chi connectivity index (χ1n) is 5.83. The molecule has 0 aromatic carbocycles. The molecule has 0 saturated heterocycles. The molecule has 4 unspecified atom stereocenters. The third kappa shape index (κ3) is 1.53. The van der Waals surface area contributed by atoms with Gasteiger partial charge in [0.15, 0.2) is 0 Å². The SMILES string of the molecule is CCCCCC1CC(C)C2CC12. The van der Waals surface area contributed by atoms with E-state index in [1.54, 1.807) is 19.3 Å². The summed E-state index contributed by atoms with van der Waals surface area (Å²) in [4.78, 5) is 0. The van der Waals surface area contributed by atoms with Crippen molar-refractivity contribution in [3.05, 3.63) is 0 Å². The molecule has 4 atom stereocenters. The predicted molar refractivity (Wildman–Crippen MR) is 53.0 cm³/mol. The number of unbranched alkanes of at least 4 members (excludes halogenated alkanes) is 2. The van der Waals surface area contributed by atoms with Crippen LogP contribution in [0.15, 0.2) is 0 Å². The monoisotopic (exact) mass is 166 g/mol. The topological polar surface area (TPSA) is 0 Å². The summed E-state index contributed by atoms with van der Waals surface area (Å²) in [6.07, 6.45) is 9.02. The summed E-state index contributed by atoms with van der Waals surface area (Å²) in [5.74, 6) is 4.55. The first-order valence-corrected chi connectivity index (χ1v) is 5.83. The maximum Gasteiger partial charge on any atom is -0.0352 e. The summed E-state index contributed by atoms with van der Waals surface area (Å²) in [5.41, 5.74) is 0. The van der Waals surface area contributed by atoms with Gasteiger partial charge in [0.2, 0.25) is 0 Å².